The van der Waals surface area contributed by atoms with Crippen molar-refractivity contribution in [1.82, 2.24) is 0 Å². The quantitative estimate of drug-likeness (QED) is 0.0485. The van der Waals surface area contributed by atoms with Gasteiger partial charge in [-0.15, -0.1) is 0 Å². The molecule has 0 spiro atoms. The average molecular weight is 1020 g/mol. The van der Waals surface area contributed by atoms with E-state index in [9.17, 15) is 14.7 Å². The van der Waals surface area contributed by atoms with Gasteiger partial charge < -0.3 is 14.6 Å². The minimum atomic E-state index is -0.765. The molecule has 0 radical (unpaired) electrons. The van der Waals surface area contributed by atoms with Gasteiger partial charge in [-0.3, -0.25) is 9.59 Å². The van der Waals surface area contributed by atoms with Crippen molar-refractivity contribution >= 4 is 11.9 Å². The van der Waals surface area contributed by atoms with Gasteiger partial charge in [0.2, 0.25) is 0 Å². The van der Waals surface area contributed by atoms with E-state index in [0.717, 1.165) is 32.1 Å². The maximum Gasteiger partial charge on any atom is 0.306 e. The molecule has 1 unspecified atom stereocenters. The summed E-state index contributed by atoms with van der Waals surface area (Å²) in [6.07, 6.45) is 79.9. The van der Waals surface area contributed by atoms with Crippen molar-refractivity contribution in [3.05, 3.63) is 0 Å². The summed E-state index contributed by atoms with van der Waals surface area (Å²) in [7, 11) is 0. The first kappa shape index (κ1) is 70.9. The Morgan fingerprint density at radius 2 is 0.431 bits per heavy atom. The molecular formula is C67H132O5. The molecule has 0 aromatic carbocycles. The normalized spacial score (nSPS) is 12.0. The van der Waals surface area contributed by atoms with E-state index in [1.54, 1.807) is 0 Å². The highest BCUT2D eigenvalue weighted by molar-refractivity contribution is 5.70. The maximum atomic E-state index is 12.3. The molecule has 0 aliphatic rings. The standard InChI is InChI=1S/C67H132O5/c1-3-5-7-9-11-13-15-17-19-21-23-25-27-29-31-32-33-34-36-38-40-42-44-46-48-50-52-54-56-58-60-62-67(70)72-65(63-68)64-71-66(69)61-59-57-55-53-51-49-47-45-43-41-39-37-35-30-28-26-24-22-20-18-16-14-12-10-8-6-4-2/h65,68H,3-64H2,1-2H3. The third-order valence-electron chi connectivity index (χ3n) is 15.9. The van der Waals surface area contributed by atoms with E-state index in [-0.39, 0.29) is 25.2 Å². The minimum Gasteiger partial charge on any atom is -0.462 e. The fourth-order valence-corrected chi connectivity index (χ4v) is 10.9. The van der Waals surface area contributed by atoms with Gasteiger partial charge in [-0.1, -0.05) is 373 Å². The third kappa shape index (κ3) is 61.4. The molecule has 0 amide bonds. The predicted molar refractivity (Wildman–Crippen MR) is 316 cm³/mol. The van der Waals surface area contributed by atoms with Crippen LogP contribution in [-0.4, -0.2) is 36.4 Å². The lowest BCUT2D eigenvalue weighted by molar-refractivity contribution is -0.161. The molecule has 0 rings (SSSR count). The average Bonchev–Trinajstić information content (AvgIpc) is 3.38. The largest absolute Gasteiger partial charge is 0.462 e. The molecule has 0 bridgehead atoms. The van der Waals surface area contributed by atoms with Gasteiger partial charge >= 0.3 is 11.9 Å². The highest BCUT2D eigenvalue weighted by Gasteiger charge is 2.16. The second-order valence-electron chi connectivity index (χ2n) is 23.3. The number of carbonyl (C=O) groups is 2. The number of aliphatic hydroxyl groups is 1. The number of hydrogen-bond acceptors (Lipinski definition) is 5. The topological polar surface area (TPSA) is 72.8 Å². The van der Waals surface area contributed by atoms with Crippen LogP contribution in [0, 0.1) is 0 Å². The molecule has 0 aromatic rings. The van der Waals surface area contributed by atoms with Gasteiger partial charge in [-0.2, -0.15) is 0 Å². The van der Waals surface area contributed by atoms with Gasteiger partial charge in [-0.05, 0) is 12.8 Å². The Labute approximate surface area is 452 Å². The minimum absolute atomic E-state index is 0.0553. The van der Waals surface area contributed by atoms with Gasteiger partial charge in [0.15, 0.2) is 6.10 Å². The lowest BCUT2D eigenvalue weighted by Crippen LogP contribution is -2.28. The van der Waals surface area contributed by atoms with Crippen LogP contribution in [-0.2, 0) is 19.1 Å². The number of rotatable bonds is 64. The molecule has 1 atom stereocenters. The summed E-state index contributed by atoms with van der Waals surface area (Å²) in [6.45, 7) is 4.22. The van der Waals surface area contributed by atoms with Gasteiger partial charge in [0, 0.05) is 12.8 Å². The van der Waals surface area contributed by atoms with Crippen molar-refractivity contribution in [3.63, 3.8) is 0 Å². The van der Waals surface area contributed by atoms with Crippen LogP contribution < -0.4 is 0 Å². The fraction of sp³-hybridized carbons (Fsp3) is 0.970. The monoisotopic (exact) mass is 1020 g/mol. The molecule has 0 aromatic heterocycles. The van der Waals surface area contributed by atoms with E-state index < -0.39 is 6.10 Å². The number of hydrogen-bond donors (Lipinski definition) is 1. The first-order chi connectivity index (χ1) is 35.6. The zero-order valence-corrected chi connectivity index (χ0v) is 49.5. The lowest BCUT2D eigenvalue weighted by atomic mass is 10.0. The zero-order chi connectivity index (χ0) is 52.0. The van der Waals surface area contributed by atoms with E-state index >= 15 is 0 Å². The van der Waals surface area contributed by atoms with E-state index in [4.69, 9.17) is 9.47 Å². The molecule has 0 saturated heterocycles. The van der Waals surface area contributed by atoms with Crippen molar-refractivity contribution in [2.75, 3.05) is 13.2 Å². The number of unbranched alkanes of at least 4 members (excludes halogenated alkanes) is 56. The maximum absolute atomic E-state index is 12.3. The molecule has 0 aliphatic carbocycles. The van der Waals surface area contributed by atoms with Crippen molar-refractivity contribution in [2.24, 2.45) is 0 Å². The van der Waals surface area contributed by atoms with Crippen LogP contribution >= 0.6 is 0 Å². The molecule has 0 heterocycles. The fourth-order valence-electron chi connectivity index (χ4n) is 10.9. The van der Waals surface area contributed by atoms with Crippen molar-refractivity contribution in [3.8, 4) is 0 Å². The Bertz CT molecular complexity index is 1010. The number of aliphatic hydroxyl groups excluding tert-OH is 1. The van der Waals surface area contributed by atoms with E-state index in [1.807, 2.05) is 0 Å². The summed E-state index contributed by atoms with van der Waals surface area (Å²) in [5.41, 5.74) is 0. The van der Waals surface area contributed by atoms with Crippen LogP contribution in [0.4, 0.5) is 0 Å². The lowest BCUT2D eigenvalue weighted by Gasteiger charge is -2.15. The highest BCUT2D eigenvalue weighted by Crippen LogP contribution is 2.20. The summed E-state index contributed by atoms with van der Waals surface area (Å²) < 4.78 is 10.8. The summed E-state index contributed by atoms with van der Waals surface area (Å²) in [5, 5.41) is 9.69. The molecule has 1 N–H and O–H groups in total. The summed E-state index contributed by atoms with van der Waals surface area (Å²) in [5.74, 6) is -0.559. The summed E-state index contributed by atoms with van der Waals surface area (Å²) >= 11 is 0. The third-order valence-corrected chi connectivity index (χ3v) is 15.9. The molecule has 5 nitrogen and oxygen atoms in total. The van der Waals surface area contributed by atoms with E-state index in [1.165, 1.54) is 340 Å². The smallest absolute Gasteiger partial charge is 0.306 e. The predicted octanol–water partition coefficient (Wildman–Crippen LogP) is 22.9. The molecule has 0 aliphatic heterocycles. The van der Waals surface area contributed by atoms with Crippen LogP contribution in [0.15, 0.2) is 0 Å². The molecule has 0 saturated carbocycles. The van der Waals surface area contributed by atoms with Crippen LogP contribution in [0.1, 0.15) is 399 Å². The Morgan fingerprint density at radius 1 is 0.264 bits per heavy atom. The van der Waals surface area contributed by atoms with E-state index in [2.05, 4.69) is 13.8 Å². The number of ether oxygens (including phenoxy) is 2. The van der Waals surface area contributed by atoms with Crippen molar-refractivity contribution in [1.29, 1.82) is 0 Å². The first-order valence-corrected chi connectivity index (χ1v) is 33.6. The number of esters is 2. The second kappa shape index (κ2) is 64.2. The van der Waals surface area contributed by atoms with Crippen LogP contribution in [0.2, 0.25) is 0 Å². The van der Waals surface area contributed by atoms with Crippen molar-refractivity contribution in [2.45, 2.75) is 405 Å². The highest BCUT2D eigenvalue weighted by atomic mass is 16.6. The summed E-state index contributed by atoms with van der Waals surface area (Å²) in [4.78, 5) is 24.6. The molecule has 5 heteroatoms. The van der Waals surface area contributed by atoms with Crippen molar-refractivity contribution < 1.29 is 24.2 Å². The van der Waals surface area contributed by atoms with Crippen LogP contribution in [0.3, 0.4) is 0 Å². The van der Waals surface area contributed by atoms with Gasteiger partial charge in [0.05, 0.1) is 6.61 Å². The van der Waals surface area contributed by atoms with Crippen LogP contribution in [0.5, 0.6) is 0 Å². The second-order valence-corrected chi connectivity index (χ2v) is 23.3. The Balaban J connectivity index is 3.36. The molecule has 0 fully saturated rings. The van der Waals surface area contributed by atoms with Gasteiger partial charge in [-0.25, -0.2) is 0 Å². The Kier molecular flexibility index (Phi) is 63.2. The molecular weight excluding hydrogens is 885 g/mol. The van der Waals surface area contributed by atoms with Gasteiger partial charge in [0.25, 0.3) is 0 Å². The number of carbonyl (C=O) groups excluding carboxylic acids is 2. The van der Waals surface area contributed by atoms with Crippen LogP contribution in [0.25, 0.3) is 0 Å². The summed E-state index contributed by atoms with van der Waals surface area (Å²) in [6, 6.07) is 0. The first-order valence-electron chi connectivity index (χ1n) is 33.6. The zero-order valence-electron chi connectivity index (χ0n) is 49.5. The Morgan fingerprint density at radius 3 is 0.611 bits per heavy atom. The molecule has 430 valence electrons. The SMILES string of the molecule is CCCCCCCCCCCCCCCCCCCCCCCCCCCCCCCCCC(=O)OC(CO)COC(=O)CCCCCCCCCCCCCCCCCCCCCCCCCCCCC. The molecule has 72 heavy (non-hydrogen) atoms. The van der Waals surface area contributed by atoms with E-state index in [0.29, 0.717) is 12.8 Å². The Hall–Kier alpha value is -1.10. The van der Waals surface area contributed by atoms with Gasteiger partial charge in [0.1, 0.15) is 6.61 Å².